The van der Waals surface area contributed by atoms with Crippen LogP contribution in [0.1, 0.15) is 13.3 Å². The first-order valence-corrected chi connectivity index (χ1v) is 12.7. The Kier molecular flexibility index (Phi) is 15.4. The smallest absolute Gasteiger partial charge is 0.726 e. The van der Waals surface area contributed by atoms with E-state index in [1.54, 1.807) is 0 Å². The standard InChI is InChI=1S/C21H28O17S.2Na/c1-2-11(23)33-7-10-12(24)16(15(27)21(35-10)34-9-5-3-8(22)4-6-9)36-20-14(26)13(25)17(38-39(30,31)32)18(37-20)19(28)29;;/h3-6,10,12-18,20-22,24-27H,2,7H2,1H3,(H,28,29)(H,30,31,32);;/q;2*+1/p-2. The van der Waals surface area contributed by atoms with Crippen LogP contribution in [-0.2, 0) is 43.1 Å². The van der Waals surface area contributed by atoms with Crippen molar-refractivity contribution in [1.29, 1.82) is 0 Å². The Labute approximate surface area is 277 Å². The van der Waals surface area contributed by atoms with Gasteiger partial charge in [0.15, 0.2) is 6.29 Å². The van der Waals surface area contributed by atoms with Gasteiger partial charge >= 0.3 is 65.1 Å². The number of hydrogen-bond donors (Lipinski definition) is 5. The molecule has 20 heteroatoms. The summed E-state index contributed by atoms with van der Waals surface area (Å²) in [7, 11) is -5.57. The fourth-order valence-electron chi connectivity index (χ4n) is 3.77. The molecule has 2 fully saturated rings. The molecule has 0 saturated carbocycles. The Morgan fingerprint density at radius 2 is 1.54 bits per heavy atom. The molecular weight excluding hydrogens is 602 g/mol. The Bertz CT molecular complexity index is 1110. The molecular formula is C21H26Na2O17S. The van der Waals surface area contributed by atoms with Gasteiger partial charge in [-0.3, -0.25) is 8.98 Å². The van der Waals surface area contributed by atoms with Crippen molar-refractivity contribution in [2.45, 2.75) is 74.8 Å². The minimum Gasteiger partial charge on any atom is -0.726 e. The summed E-state index contributed by atoms with van der Waals surface area (Å²) < 4.78 is 63.3. The number of carboxylic acids is 1. The second-order valence-corrected chi connectivity index (χ2v) is 9.48. The fraction of sp³-hybridized carbons (Fsp3) is 0.619. The van der Waals surface area contributed by atoms with Crippen molar-refractivity contribution >= 4 is 22.3 Å². The van der Waals surface area contributed by atoms with Crippen LogP contribution in [0.2, 0.25) is 0 Å². The third-order valence-corrected chi connectivity index (χ3v) is 6.18. The molecule has 1 aromatic carbocycles. The Hall–Kier alpha value is -0.650. The van der Waals surface area contributed by atoms with Gasteiger partial charge < -0.3 is 63.7 Å². The first-order valence-electron chi connectivity index (χ1n) is 11.4. The van der Waals surface area contributed by atoms with Crippen LogP contribution in [0.5, 0.6) is 11.5 Å². The van der Waals surface area contributed by atoms with Gasteiger partial charge in [0, 0.05) is 6.42 Å². The number of phenolic OH excluding ortho intramolecular Hbond substituents is 1. The molecule has 2 heterocycles. The van der Waals surface area contributed by atoms with E-state index in [0.717, 1.165) is 0 Å². The van der Waals surface area contributed by atoms with Gasteiger partial charge in [-0.05, 0) is 24.3 Å². The van der Waals surface area contributed by atoms with Gasteiger partial charge in [0.05, 0.1) is 5.97 Å². The molecule has 2 saturated heterocycles. The number of carbonyl (C=O) groups excluding carboxylic acids is 2. The predicted octanol–water partition coefficient (Wildman–Crippen LogP) is -10.4. The molecule has 10 unspecified atom stereocenters. The number of carbonyl (C=O) groups is 2. The molecule has 0 aromatic heterocycles. The van der Waals surface area contributed by atoms with Crippen molar-refractivity contribution < 1.29 is 140 Å². The maximum atomic E-state index is 11.6. The van der Waals surface area contributed by atoms with Crippen LogP contribution in [-0.4, -0.2) is 118 Å². The van der Waals surface area contributed by atoms with Crippen LogP contribution in [0.25, 0.3) is 0 Å². The maximum Gasteiger partial charge on any atom is 1.00 e. The molecule has 0 aliphatic carbocycles. The van der Waals surface area contributed by atoms with Crippen LogP contribution in [0.15, 0.2) is 24.3 Å². The number of phenols is 1. The van der Waals surface area contributed by atoms with Gasteiger partial charge in [-0.15, -0.1) is 0 Å². The Morgan fingerprint density at radius 1 is 0.927 bits per heavy atom. The number of benzene rings is 1. The molecule has 0 bridgehead atoms. The maximum absolute atomic E-state index is 11.6. The van der Waals surface area contributed by atoms with E-state index in [0.29, 0.717) is 0 Å². The van der Waals surface area contributed by atoms with Gasteiger partial charge in [-0.1, -0.05) is 6.92 Å². The number of carboxylic acid groups (broad SMARTS) is 1. The zero-order valence-corrected chi connectivity index (χ0v) is 26.9. The molecule has 17 nitrogen and oxygen atoms in total. The van der Waals surface area contributed by atoms with Gasteiger partial charge in [-0.2, -0.15) is 0 Å². The average molecular weight is 628 g/mol. The molecule has 41 heavy (non-hydrogen) atoms. The van der Waals surface area contributed by atoms with Crippen LogP contribution >= 0.6 is 0 Å². The zero-order valence-electron chi connectivity index (χ0n) is 22.0. The summed E-state index contributed by atoms with van der Waals surface area (Å²) in [6, 6.07) is 5.11. The normalized spacial score (nSPS) is 33.5. The third kappa shape index (κ3) is 10.2. The minimum atomic E-state index is -5.57. The summed E-state index contributed by atoms with van der Waals surface area (Å²) in [6.45, 7) is 0.939. The predicted molar refractivity (Wildman–Crippen MR) is 116 cm³/mol. The molecule has 3 rings (SSSR count). The second kappa shape index (κ2) is 16.4. The number of hydrogen-bond acceptors (Lipinski definition) is 17. The number of aliphatic hydroxyl groups is 4. The van der Waals surface area contributed by atoms with Crippen LogP contribution in [0, 0.1) is 0 Å². The molecule has 2 aliphatic heterocycles. The zero-order chi connectivity index (χ0) is 29.1. The topological polar surface area (TPSA) is 271 Å². The van der Waals surface area contributed by atoms with E-state index in [4.69, 9.17) is 23.7 Å². The van der Waals surface area contributed by atoms with E-state index in [9.17, 15) is 53.2 Å². The van der Waals surface area contributed by atoms with Crippen molar-refractivity contribution in [3.63, 3.8) is 0 Å². The monoisotopic (exact) mass is 628 g/mol. The van der Waals surface area contributed by atoms with Gasteiger partial charge in [-0.25, -0.2) is 8.42 Å². The molecule has 10 atom stereocenters. The van der Waals surface area contributed by atoms with Gasteiger partial charge in [0.25, 0.3) is 0 Å². The average Bonchev–Trinajstić information content (AvgIpc) is 2.86. The first-order chi connectivity index (χ1) is 18.2. The number of rotatable bonds is 10. The third-order valence-electron chi connectivity index (χ3n) is 5.73. The summed E-state index contributed by atoms with van der Waals surface area (Å²) in [5.74, 6) is -2.87. The molecule has 220 valence electrons. The van der Waals surface area contributed by atoms with Gasteiger partial charge in [0.2, 0.25) is 16.7 Å². The molecule has 0 spiro atoms. The number of aliphatic carboxylic acids is 1. The van der Waals surface area contributed by atoms with Crippen molar-refractivity contribution in [3.05, 3.63) is 24.3 Å². The van der Waals surface area contributed by atoms with Crippen LogP contribution in [0.4, 0.5) is 0 Å². The van der Waals surface area contributed by atoms with E-state index >= 15 is 0 Å². The van der Waals surface area contributed by atoms with Crippen LogP contribution in [0.3, 0.4) is 0 Å². The van der Waals surface area contributed by atoms with Crippen molar-refractivity contribution in [3.8, 4) is 11.5 Å². The number of ether oxygens (including phenoxy) is 5. The van der Waals surface area contributed by atoms with E-state index in [2.05, 4.69) is 4.18 Å². The fourth-order valence-corrected chi connectivity index (χ4v) is 4.26. The molecule has 5 N–H and O–H groups in total. The minimum absolute atomic E-state index is 0. The van der Waals surface area contributed by atoms with E-state index in [1.807, 2.05) is 0 Å². The van der Waals surface area contributed by atoms with E-state index < -0.39 is 90.4 Å². The SMILES string of the molecule is CCC(=O)OCC1OC(Oc2ccc(O)cc2)C(O)C(OC2OC(C(=O)[O-])C(OS(=O)(=O)[O-])C(O)C2O)C1O.[Na+].[Na+]. The largest absolute Gasteiger partial charge is 1.00 e. The number of aliphatic hydroxyl groups excluding tert-OH is 4. The Balaban J connectivity index is 0.00000420. The summed E-state index contributed by atoms with van der Waals surface area (Å²) in [6.07, 6.45) is -20.4. The van der Waals surface area contributed by atoms with Crippen molar-refractivity contribution in [1.82, 2.24) is 0 Å². The van der Waals surface area contributed by atoms with Gasteiger partial charge in [0.1, 0.15) is 66.9 Å². The summed E-state index contributed by atoms with van der Waals surface area (Å²) in [4.78, 5) is 23.1. The molecule has 0 amide bonds. The molecule has 2 aliphatic rings. The summed E-state index contributed by atoms with van der Waals surface area (Å²) >= 11 is 0. The second-order valence-electron chi connectivity index (χ2n) is 8.47. The quantitative estimate of drug-likeness (QED) is 0.0696. The Morgan fingerprint density at radius 3 is 2.07 bits per heavy atom. The van der Waals surface area contributed by atoms with Crippen molar-refractivity contribution in [2.24, 2.45) is 0 Å². The van der Waals surface area contributed by atoms with Crippen molar-refractivity contribution in [2.75, 3.05) is 6.61 Å². The van der Waals surface area contributed by atoms with E-state index in [-0.39, 0.29) is 77.0 Å². The molecule has 0 radical (unpaired) electrons. The summed E-state index contributed by atoms with van der Waals surface area (Å²) in [5.41, 5.74) is 0. The first kappa shape index (κ1) is 38.4. The summed E-state index contributed by atoms with van der Waals surface area (Å²) in [5, 5.41) is 63.3. The number of aromatic hydroxyl groups is 1. The molecule has 1 aromatic rings. The van der Waals surface area contributed by atoms with Crippen LogP contribution < -0.4 is 69.0 Å². The number of esters is 1. The van der Waals surface area contributed by atoms with E-state index in [1.165, 1.54) is 31.2 Å².